The molecule has 0 spiro atoms. The third-order valence-electron chi connectivity index (χ3n) is 2.18. The van der Waals surface area contributed by atoms with E-state index in [1.54, 1.807) is 0 Å². The molecule has 1 aromatic carbocycles. The van der Waals surface area contributed by atoms with Gasteiger partial charge in [0.2, 0.25) is 10.0 Å². The molecule has 3 nitrogen and oxygen atoms in total. The van der Waals surface area contributed by atoms with Gasteiger partial charge in [-0.05, 0) is 24.6 Å². The molecule has 0 unspecified atom stereocenters. The molecule has 0 radical (unpaired) electrons. The number of rotatable bonds is 4. The van der Waals surface area contributed by atoms with E-state index in [9.17, 15) is 21.6 Å². The van der Waals surface area contributed by atoms with Crippen LogP contribution in [0.15, 0.2) is 18.2 Å². The van der Waals surface area contributed by atoms with Gasteiger partial charge in [-0.3, -0.25) is 4.72 Å². The molecule has 0 amide bonds. The summed E-state index contributed by atoms with van der Waals surface area (Å²) in [6.07, 6.45) is -4.51. The van der Waals surface area contributed by atoms with Crippen LogP contribution in [0.3, 0.4) is 0 Å². The maximum Gasteiger partial charge on any atom is 0.416 e. The van der Waals surface area contributed by atoms with Crippen molar-refractivity contribution in [2.75, 3.05) is 16.4 Å². The molecule has 0 aromatic heterocycles. The summed E-state index contributed by atoms with van der Waals surface area (Å²) >= 11 is 5.30. The van der Waals surface area contributed by atoms with Gasteiger partial charge in [-0.1, -0.05) is 6.07 Å². The van der Waals surface area contributed by atoms with E-state index < -0.39 is 21.8 Å². The molecule has 0 aliphatic heterocycles. The molecule has 0 aliphatic rings. The maximum absolute atomic E-state index is 12.5. The van der Waals surface area contributed by atoms with Crippen molar-refractivity contribution in [3.63, 3.8) is 0 Å². The first kappa shape index (κ1) is 15.1. The molecule has 0 saturated carbocycles. The van der Waals surface area contributed by atoms with Gasteiger partial charge in [0.05, 0.1) is 17.0 Å². The SMILES string of the molecule is Cc1ccc(C(F)(F)F)cc1NS(=O)(=O)CCCl. The lowest BCUT2D eigenvalue weighted by Gasteiger charge is -2.13. The normalized spacial score (nSPS) is 12.5. The van der Waals surface area contributed by atoms with Crippen molar-refractivity contribution >= 4 is 27.3 Å². The monoisotopic (exact) mass is 301 g/mol. The van der Waals surface area contributed by atoms with E-state index in [0.29, 0.717) is 5.56 Å². The lowest BCUT2D eigenvalue weighted by atomic mass is 10.1. The minimum atomic E-state index is -4.51. The molecule has 18 heavy (non-hydrogen) atoms. The Morgan fingerprint density at radius 2 is 1.94 bits per heavy atom. The summed E-state index contributed by atoms with van der Waals surface area (Å²) < 4.78 is 62.4. The van der Waals surface area contributed by atoms with Crippen LogP contribution in [0, 0.1) is 6.92 Å². The Hall–Kier alpha value is -0.950. The number of nitrogens with one attached hydrogen (secondary N) is 1. The Bertz CT molecular complexity index is 528. The average Bonchev–Trinajstić information content (AvgIpc) is 2.19. The number of anilines is 1. The molecule has 0 atom stereocenters. The van der Waals surface area contributed by atoms with E-state index in [1.807, 2.05) is 0 Å². The fraction of sp³-hybridized carbons (Fsp3) is 0.400. The van der Waals surface area contributed by atoms with Gasteiger partial charge >= 0.3 is 6.18 Å². The minimum absolute atomic E-state index is 0.0880. The third-order valence-corrected chi connectivity index (χ3v) is 3.86. The molecular formula is C10H11ClF3NO2S. The molecular weight excluding hydrogens is 291 g/mol. The summed E-state index contributed by atoms with van der Waals surface area (Å²) in [5.74, 6) is -0.489. The van der Waals surface area contributed by atoms with Gasteiger partial charge < -0.3 is 0 Å². The van der Waals surface area contributed by atoms with E-state index in [2.05, 4.69) is 4.72 Å². The molecule has 0 saturated heterocycles. The molecule has 8 heteroatoms. The van der Waals surface area contributed by atoms with Crippen molar-refractivity contribution in [2.24, 2.45) is 0 Å². The predicted octanol–water partition coefficient (Wildman–Crippen LogP) is 2.99. The second-order valence-electron chi connectivity index (χ2n) is 3.64. The highest BCUT2D eigenvalue weighted by Crippen LogP contribution is 2.32. The molecule has 0 aliphatic carbocycles. The summed E-state index contributed by atoms with van der Waals surface area (Å²) in [4.78, 5) is 0. The molecule has 0 heterocycles. The lowest BCUT2D eigenvalue weighted by molar-refractivity contribution is -0.137. The Kier molecular flexibility index (Phi) is 4.50. The molecule has 1 aromatic rings. The number of hydrogen-bond acceptors (Lipinski definition) is 2. The van der Waals surface area contributed by atoms with Crippen LogP contribution in [0.4, 0.5) is 18.9 Å². The van der Waals surface area contributed by atoms with Crippen LogP contribution in [0.25, 0.3) is 0 Å². The van der Waals surface area contributed by atoms with Crippen LogP contribution >= 0.6 is 11.6 Å². The highest BCUT2D eigenvalue weighted by atomic mass is 35.5. The van der Waals surface area contributed by atoms with Crippen LogP contribution in [0.2, 0.25) is 0 Å². The number of hydrogen-bond donors (Lipinski definition) is 1. The van der Waals surface area contributed by atoms with Crippen molar-refractivity contribution in [3.8, 4) is 0 Å². The van der Waals surface area contributed by atoms with Crippen molar-refractivity contribution in [1.29, 1.82) is 0 Å². The van der Waals surface area contributed by atoms with E-state index in [-0.39, 0.29) is 17.3 Å². The Morgan fingerprint density at radius 1 is 1.33 bits per heavy atom. The summed E-state index contributed by atoms with van der Waals surface area (Å²) in [6.45, 7) is 1.51. The zero-order chi connectivity index (χ0) is 14.0. The smallest absolute Gasteiger partial charge is 0.283 e. The summed E-state index contributed by atoms with van der Waals surface area (Å²) in [6, 6.07) is 2.87. The number of sulfonamides is 1. The molecule has 102 valence electrons. The first-order chi connectivity index (χ1) is 8.15. The second-order valence-corrected chi connectivity index (χ2v) is 5.86. The largest absolute Gasteiger partial charge is 0.416 e. The number of benzene rings is 1. The van der Waals surface area contributed by atoms with Crippen molar-refractivity contribution in [2.45, 2.75) is 13.1 Å². The van der Waals surface area contributed by atoms with E-state index >= 15 is 0 Å². The Morgan fingerprint density at radius 3 is 2.44 bits per heavy atom. The van der Waals surface area contributed by atoms with Crippen LogP contribution in [0.5, 0.6) is 0 Å². The minimum Gasteiger partial charge on any atom is -0.283 e. The quantitative estimate of drug-likeness (QED) is 0.869. The topological polar surface area (TPSA) is 46.2 Å². The molecule has 0 bridgehead atoms. The Labute approximate surface area is 108 Å². The molecule has 1 rings (SSSR count). The van der Waals surface area contributed by atoms with Crippen molar-refractivity contribution in [1.82, 2.24) is 0 Å². The molecule has 0 fully saturated rings. The van der Waals surface area contributed by atoms with E-state index in [0.717, 1.165) is 12.1 Å². The Balaban J connectivity index is 3.10. The zero-order valence-corrected chi connectivity index (χ0v) is 11.0. The van der Waals surface area contributed by atoms with Gasteiger partial charge in [0.1, 0.15) is 0 Å². The third kappa shape index (κ3) is 4.06. The summed E-state index contributed by atoms with van der Waals surface area (Å²) in [7, 11) is -3.72. The predicted molar refractivity (Wildman–Crippen MR) is 64.3 cm³/mol. The standard InChI is InChI=1S/C10H11ClF3NO2S/c1-7-2-3-8(10(12,13)14)6-9(7)15-18(16,17)5-4-11/h2-3,6,15H,4-5H2,1H3. The van der Waals surface area contributed by atoms with Crippen molar-refractivity contribution < 1.29 is 21.6 Å². The first-order valence-electron chi connectivity index (χ1n) is 4.90. The first-order valence-corrected chi connectivity index (χ1v) is 7.09. The fourth-order valence-corrected chi connectivity index (χ4v) is 2.70. The number of halogens is 4. The van der Waals surface area contributed by atoms with Crippen LogP contribution < -0.4 is 4.72 Å². The van der Waals surface area contributed by atoms with Gasteiger partial charge in [-0.25, -0.2) is 8.42 Å². The fourth-order valence-electron chi connectivity index (χ4n) is 1.23. The highest BCUT2D eigenvalue weighted by molar-refractivity contribution is 7.92. The highest BCUT2D eigenvalue weighted by Gasteiger charge is 2.31. The molecule has 1 N–H and O–H groups in total. The van der Waals surface area contributed by atoms with Gasteiger partial charge in [-0.15, -0.1) is 11.6 Å². The van der Waals surface area contributed by atoms with Crippen LogP contribution in [-0.4, -0.2) is 20.1 Å². The van der Waals surface area contributed by atoms with E-state index in [4.69, 9.17) is 11.6 Å². The summed E-state index contributed by atoms with van der Waals surface area (Å²) in [5, 5.41) is 0. The van der Waals surface area contributed by atoms with Crippen molar-refractivity contribution in [3.05, 3.63) is 29.3 Å². The van der Waals surface area contributed by atoms with E-state index in [1.165, 1.54) is 13.0 Å². The van der Waals surface area contributed by atoms with Gasteiger partial charge in [-0.2, -0.15) is 13.2 Å². The summed E-state index contributed by atoms with van der Waals surface area (Å²) in [5.41, 5.74) is -0.590. The maximum atomic E-state index is 12.5. The number of alkyl halides is 4. The lowest BCUT2D eigenvalue weighted by Crippen LogP contribution is -2.18. The number of aryl methyl sites for hydroxylation is 1. The van der Waals surface area contributed by atoms with Gasteiger partial charge in [0.25, 0.3) is 0 Å². The van der Waals surface area contributed by atoms with Crippen LogP contribution in [-0.2, 0) is 16.2 Å². The zero-order valence-electron chi connectivity index (χ0n) is 9.38. The van der Waals surface area contributed by atoms with Gasteiger partial charge in [0, 0.05) is 5.88 Å². The van der Waals surface area contributed by atoms with Gasteiger partial charge in [0.15, 0.2) is 0 Å². The van der Waals surface area contributed by atoms with Crippen LogP contribution in [0.1, 0.15) is 11.1 Å². The average molecular weight is 302 g/mol. The second kappa shape index (κ2) is 5.36.